The third-order valence-corrected chi connectivity index (χ3v) is 3.58. The summed E-state index contributed by atoms with van der Waals surface area (Å²) < 4.78 is 6.73. The van der Waals surface area contributed by atoms with Crippen LogP contribution in [0.2, 0.25) is 0 Å². The van der Waals surface area contributed by atoms with Gasteiger partial charge in [-0.2, -0.15) is 0 Å². The second-order valence-corrected chi connectivity index (χ2v) is 5.21. The summed E-state index contributed by atoms with van der Waals surface area (Å²) in [7, 11) is 1.38. The van der Waals surface area contributed by atoms with Crippen LogP contribution < -0.4 is 0 Å². The Kier molecular flexibility index (Phi) is 3.99. The first-order chi connectivity index (χ1) is 8.65. The molecule has 5 heteroatoms. The molecule has 0 radical (unpaired) electrons. The molecule has 1 saturated carbocycles. The van der Waals surface area contributed by atoms with Crippen LogP contribution in [0.1, 0.15) is 74.1 Å². The first-order valence-corrected chi connectivity index (χ1v) is 6.68. The maximum absolute atomic E-state index is 11.7. The minimum absolute atomic E-state index is 0.219. The van der Waals surface area contributed by atoms with E-state index in [-0.39, 0.29) is 11.9 Å². The predicted molar refractivity (Wildman–Crippen MR) is 67.6 cm³/mol. The zero-order chi connectivity index (χ0) is 13.1. The maximum Gasteiger partial charge on any atom is 0.360 e. The van der Waals surface area contributed by atoms with Gasteiger partial charge in [-0.25, -0.2) is 9.48 Å². The average molecular weight is 251 g/mol. The Morgan fingerprint density at radius 2 is 2.00 bits per heavy atom. The standard InChI is InChI=1S/C13H21N3O2/c1-9(2)12-11(13(17)18-3)14-15-16(12)10-7-5-4-6-8-10/h9-10H,4-8H2,1-3H3. The highest BCUT2D eigenvalue weighted by Gasteiger charge is 2.27. The molecule has 2 rings (SSSR count). The molecule has 0 aromatic carbocycles. The van der Waals surface area contributed by atoms with Crippen LogP contribution in [0.5, 0.6) is 0 Å². The highest BCUT2D eigenvalue weighted by Crippen LogP contribution is 2.31. The van der Waals surface area contributed by atoms with E-state index in [1.165, 1.54) is 26.4 Å². The van der Waals surface area contributed by atoms with Crippen LogP contribution in [0.15, 0.2) is 0 Å². The summed E-state index contributed by atoms with van der Waals surface area (Å²) >= 11 is 0. The van der Waals surface area contributed by atoms with Crippen molar-refractivity contribution in [2.75, 3.05) is 7.11 Å². The van der Waals surface area contributed by atoms with Gasteiger partial charge in [-0.3, -0.25) is 0 Å². The highest BCUT2D eigenvalue weighted by molar-refractivity contribution is 5.88. The monoisotopic (exact) mass is 251 g/mol. The molecular formula is C13H21N3O2. The van der Waals surface area contributed by atoms with Gasteiger partial charge >= 0.3 is 5.97 Å². The molecule has 0 bridgehead atoms. The van der Waals surface area contributed by atoms with Gasteiger partial charge in [-0.1, -0.05) is 38.3 Å². The van der Waals surface area contributed by atoms with Gasteiger partial charge in [0.25, 0.3) is 0 Å². The summed E-state index contributed by atoms with van der Waals surface area (Å²) in [6.45, 7) is 4.12. The molecule has 0 unspecified atom stereocenters. The van der Waals surface area contributed by atoms with Crippen LogP contribution in [0.25, 0.3) is 0 Å². The number of esters is 1. The first-order valence-electron chi connectivity index (χ1n) is 6.68. The lowest BCUT2D eigenvalue weighted by Gasteiger charge is -2.24. The second-order valence-electron chi connectivity index (χ2n) is 5.21. The molecule has 1 fully saturated rings. The molecule has 0 amide bonds. The van der Waals surface area contributed by atoms with E-state index in [1.54, 1.807) is 0 Å². The molecule has 0 atom stereocenters. The number of nitrogens with zero attached hydrogens (tertiary/aromatic N) is 3. The summed E-state index contributed by atoms with van der Waals surface area (Å²) in [5.41, 5.74) is 1.28. The molecule has 1 aliphatic rings. The molecule has 0 aliphatic heterocycles. The van der Waals surface area contributed by atoms with Crippen molar-refractivity contribution in [2.45, 2.75) is 57.9 Å². The van der Waals surface area contributed by atoms with Crippen LogP contribution >= 0.6 is 0 Å². The van der Waals surface area contributed by atoms with Gasteiger partial charge in [0, 0.05) is 0 Å². The van der Waals surface area contributed by atoms with Crippen molar-refractivity contribution in [3.8, 4) is 0 Å². The average Bonchev–Trinajstić information content (AvgIpc) is 2.83. The summed E-state index contributed by atoms with van der Waals surface area (Å²) in [6.07, 6.45) is 6.02. The van der Waals surface area contributed by atoms with Crippen molar-refractivity contribution >= 4 is 5.97 Å². The Balaban J connectivity index is 2.35. The Morgan fingerprint density at radius 3 is 2.56 bits per heavy atom. The number of hydrogen-bond acceptors (Lipinski definition) is 4. The SMILES string of the molecule is COC(=O)c1nnn(C2CCCCC2)c1C(C)C. The van der Waals surface area contributed by atoms with Crippen molar-refractivity contribution in [3.63, 3.8) is 0 Å². The second kappa shape index (κ2) is 5.50. The fraction of sp³-hybridized carbons (Fsp3) is 0.769. The molecule has 0 saturated heterocycles. The van der Waals surface area contributed by atoms with Gasteiger partial charge in [0.05, 0.1) is 18.8 Å². The molecular weight excluding hydrogens is 230 g/mol. The smallest absolute Gasteiger partial charge is 0.360 e. The molecule has 5 nitrogen and oxygen atoms in total. The van der Waals surface area contributed by atoms with Gasteiger partial charge in [-0.15, -0.1) is 5.10 Å². The summed E-state index contributed by atoms with van der Waals surface area (Å²) in [4.78, 5) is 11.7. The topological polar surface area (TPSA) is 57.0 Å². The third kappa shape index (κ3) is 2.40. The van der Waals surface area contributed by atoms with Crippen LogP contribution in [0, 0.1) is 0 Å². The third-order valence-electron chi connectivity index (χ3n) is 3.58. The predicted octanol–water partition coefficient (Wildman–Crippen LogP) is 2.69. The minimum atomic E-state index is -0.388. The van der Waals surface area contributed by atoms with E-state index < -0.39 is 0 Å². The van der Waals surface area contributed by atoms with Gasteiger partial charge in [0.2, 0.25) is 0 Å². The quantitative estimate of drug-likeness (QED) is 0.775. The summed E-state index contributed by atoms with van der Waals surface area (Å²) in [5, 5.41) is 8.22. The zero-order valence-corrected chi connectivity index (χ0v) is 11.3. The molecule has 1 heterocycles. The lowest BCUT2D eigenvalue weighted by Crippen LogP contribution is -2.18. The van der Waals surface area contributed by atoms with Gasteiger partial charge in [0.1, 0.15) is 0 Å². The van der Waals surface area contributed by atoms with Crippen molar-refractivity contribution in [1.29, 1.82) is 0 Å². The number of rotatable bonds is 3. The molecule has 18 heavy (non-hydrogen) atoms. The molecule has 1 aliphatic carbocycles. The number of carbonyl (C=O) groups is 1. The van der Waals surface area contributed by atoms with Gasteiger partial charge < -0.3 is 4.74 Å². The normalized spacial score (nSPS) is 17.1. The van der Waals surface area contributed by atoms with Crippen molar-refractivity contribution in [1.82, 2.24) is 15.0 Å². The fourth-order valence-electron chi connectivity index (χ4n) is 2.68. The number of hydrogen-bond donors (Lipinski definition) is 0. The summed E-state index contributed by atoms with van der Waals surface area (Å²) in [5.74, 6) is -0.170. The van der Waals surface area contributed by atoms with E-state index in [4.69, 9.17) is 4.74 Å². The zero-order valence-electron chi connectivity index (χ0n) is 11.3. The Labute approximate surface area is 108 Å². The first kappa shape index (κ1) is 13.1. The maximum atomic E-state index is 11.7. The van der Waals surface area contributed by atoms with Crippen LogP contribution in [0.4, 0.5) is 0 Å². The van der Waals surface area contributed by atoms with E-state index in [0.29, 0.717) is 11.7 Å². The van der Waals surface area contributed by atoms with E-state index >= 15 is 0 Å². The highest BCUT2D eigenvalue weighted by atomic mass is 16.5. The number of aromatic nitrogens is 3. The fourth-order valence-corrected chi connectivity index (χ4v) is 2.68. The van der Waals surface area contributed by atoms with Crippen LogP contribution in [0.3, 0.4) is 0 Å². The van der Waals surface area contributed by atoms with Crippen LogP contribution in [-0.2, 0) is 4.74 Å². The molecule has 0 spiro atoms. The largest absolute Gasteiger partial charge is 0.464 e. The van der Waals surface area contributed by atoms with E-state index in [0.717, 1.165) is 18.5 Å². The van der Waals surface area contributed by atoms with E-state index in [2.05, 4.69) is 24.2 Å². The van der Waals surface area contributed by atoms with Crippen molar-refractivity contribution in [3.05, 3.63) is 11.4 Å². The number of carbonyl (C=O) groups excluding carboxylic acids is 1. The Hall–Kier alpha value is -1.39. The molecule has 0 N–H and O–H groups in total. The lowest BCUT2D eigenvalue weighted by atomic mass is 9.94. The van der Waals surface area contributed by atoms with Crippen molar-refractivity contribution in [2.24, 2.45) is 0 Å². The Morgan fingerprint density at radius 1 is 1.33 bits per heavy atom. The van der Waals surface area contributed by atoms with E-state index in [9.17, 15) is 4.79 Å². The Bertz CT molecular complexity index is 420. The van der Waals surface area contributed by atoms with Gasteiger partial charge in [-0.05, 0) is 18.8 Å². The number of methoxy groups -OCH3 is 1. The molecule has 1 aromatic heterocycles. The van der Waals surface area contributed by atoms with Crippen molar-refractivity contribution < 1.29 is 9.53 Å². The lowest BCUT2D eigenvalue weighted by molar-refractivity contribution is 0.0592. The van der Waals surface area contributed by atoms with Crippen LogP contribution in [-0.4, -0.2) is 28.1 Å². The molecule has 1 aromatic rings. The minimum Gasteiger partial charge on any atom is -0.464 e. The summed E-state index contributed by atoms with van der Waals surface area (Å²) in [6, 6.07) is 0.391. The van der Waals surface area contributed by atoms with Gasteiger partial charge in [0.15, 0.2) is 5.69 Å². The molecule has 100 valence electrons. The van der Waals surface area contributed by atoms with E-state index in [1.807, 2.05) is 4.68 Å². The number of ether oxygens (including phenoxy) is 1.